The van der Waals surface area contributed by atoms with Crippen LogP contribution in [-0.4, -0.2) is 28.3 Å². The van der Waals surface area contributed by atoms with Crippen molar-refractivity contribution in [2.24, 2.45) is 0 Å². The largest absolute Gasteiger partial charge is 0.453 e. The van der Waals surface area contributed by atoms with E-state index in [0.29, 0.717) is 10.7 Å². The van der Waals surface area contributed by atoms with Crippen LogP contribution in [0.5, 0.6) is 0 Å². The average Bonchev–Trinajstić information content (AvgIpc) is 2.36. The Morgan fingerprint density at radius 3 is 2.52 bits per heavy atom. The number of ether oxygens (including phenoxy) is 1. The molecule has 0 saturated heterocycles. The minimum Gasteiger partial charge on any atom is -0.453 e. The van der Waals surface area contributed by atoms with Crippen LogP contribution in [0.15, 0.2) is 24.3 Å². The van der Waals surface area contributed by atoms with E-state index in [1.807, 2.05) is 0 Å². The van der Waals surface area contributed by atoms with Crippen LogP contribution in [0, 0.1) is 0 Å². The van der Waals surface area contributed by atoms with E-state index < -0.39 is 16.1 Å². The Balaban J connectivity index is 2.70. The maximum atomic E-state index is 11.2. The van der Waals surface area contributed by atoms with Gasteiger partial charge in [-0.05, 0) is 30.4 Å². The zero-order chi connectivity index (χ0) is 16.0. The summed E-state index contributed by atoms with van der Waals surface area (Å²) < 4.78 is 2.61. The normalized spacial score (nSPS) is 12.2. The van der Waals surface area contributed by atoms with Gasteiger partial charge in [0.15, 0.2) is 11.3 Å². The van der Waals surface area contributed by atoms with E-state index >= 15 is 0 Å². The molecule has 0 aliphatic carbocycles. The summed E-state index contributed by atoms with van der Waals surface area (Å²) in [6.45, 7) is 0. The van der Waals surface area contributed by atoms with Crippen LogP contribution in [-0.2, 0) is 4.74 Å². The number of anilines is 1. The molecule has 10 heteroatoms. The number of halogens is 4. The highest BCUT2D eigenvalue weighted by Crippen LogP contribution is 2.29. The van der Waals surface area contributed by atoms with Gasteiger partial charge in [0.25, 0.3) is 0 Å². The predicted molar refractivity (Wildman–Crippen MR) is 90.4 cm³/mol. The van der Waals surface area contributed by atoms with Crippen molar-refractivity contribution in [3.05, 3.63) is 29.3 Å². The van der Waals surface area contributed by atoms with E-state index in [0.717, 1.165) is 0 Å². The Morgan fingerprint density at radius 2 is 2.00 bits per heavy atom. The van der Waals surface area contributed by atoms with Crippen molar-refractivity contribution in [3.63, 3.8) is 0 Å². The van der Waals surface area contributed by atoms with Crippen LogP contribution in [0.4, 0.5) is 10.5 Å². The van der Waals surface area contributed by atoms with Gasteiger partial charge in [-0.1, -0.05) is 52.5 Å². The van der Waals surface area contributed by atoms with E-state index in [1.54, 1.807) is 24.3 Å². The number of hydrogen-bond acceptors (Lipinski definition) is 3. The highest BCUT2D eigenvalue weighted by atomic mass is 35.6. The second-order valence-corrected chi connectivity index (χ2v) is 6.93. The first kappa shape index (κ1) is 18.4. The average molecular weight is 391 g/mol. The Hall–Kier alpha value is -0.660. The standard InChI is InChI=1S/C11H11Cl4N3O2S/c1-20-10(19)18-8(11(13,14)15)17-9(21)16-7-4-2-3-6(12)5-7/h2-5,8H,1H3,(H,18,19)(H2,16,17,21)/t8-/m1/s1. The molecule has 116 valence electrons. The Kier molecular flexibility index (Phi) is 7.09. The summed E-state index contributed by atoms with van der Waals surface area (Å²) in [6.07, 6.45) is -1.86. The van der Waals surface area contributed by atoms with Crippen molar-refractivity contribution in [3.8, 4) is 0 Å². The number of carbonyl (C=O) groups is 1. The second-order valence-electron chi connectivity index (χ2n) is 3.72. The van der Waals surface area contributed by atoms with Gasteiger partial charge in [-0.15, -0.1) is 0 Å². The van der Waals surface area contributed by atoms with Gasteiger partial charge < -0.3 is 15.4 Å². The second kappa shape index (κ2) is 8.10. The van der Waals surface area contributed by atoms with Crippen LogP contribution < -0.4 is 16.0 Å². The number of hydrogen-bond donors (Lipinski definition) is 3. The fraction of sp³-hybridized carbons (Fsp3) is 0.273. The maximum Gasteiger partial charge on any atom is 0.408 e. The maximum absolute atomic E-state index is 11.2. The molecule has 21 heavy (non-hydrogen) atoms. The van der Waals surface area contributed by atoms with Crippen molar-refractivity contribution in [1.29, 1.82) is 0 Å². The Bertz CT molecular complexity index is 524. The molecule has 0 saturated carbocycles. The number of amides is 1. The van der Waals surface area contributed by atoms with E-state index in [-0.39, 0.29) is 5.11 Å². The fourth-order valence-electron chi connectivity index (χ4n) is 1.24. The lowest BCUT2D eigenvalue weighted by Crippen LogP contribution is -2.56. The van der Waals surface area contributed by atoms with Gasteiger partial charge in [-0.2, -0.15) is 0 Å². The third-order valence-electron chi connectivity index (χ3n) is 2.13. The summed E-state index contributed by atoms with van der Waals surface area (Å²) in [5, 5.41) is 8.48. The van der Waals surface area contributed by atoms with Crippen molar-refractivity contribution in [2.75, 3.05) is 12.4 Å². The third kappa shape index (κ3) is 6.76. The molecule has 5 nitrogen and oxygen atoms in total. The lowest BCUT2D eigenvalue weighted by Gasteiger charge is -2.27. The summed E-state index contributed by atoms with van der Waals surface area (Å²) in [7, 11) is 1.19. The van der Waals surface area contributed by atoms with E-state index in [4.69, 9.17) is 58.6 Å². The van der Waals surface area contributed by atoms with Crippen LogP contribution in [0.2, 0.25) is 5.02 Å². The molecule has 0 heterocycles. The van der Waals surface area contributed by atoms with Gasteiger partial charge in [0.2, 0.25) is 3.79 Å². The van der Waals surface area contributed by atoms with Gasteiger partial charge in [-0.3, -0.25) is 5.32 Å². The monoisotopic (exact) mass is 389 g/mol. The Labute approximate surface area is 147 Å². The minimum atomic E-state index is -1.84. The topological polar surface area (TPSA) is 62.4 Å². The SMILES string of the molecule is COC(=O)N[C@@H](NC(=S)Nc1cccc(Cl)c1)C(Cl)(Cl)Cl. The molecule has 1 aromatic rings. The molecule has 0 aromatic heterocycles. The van der Waals surface area contributed by atoms with Gasteiger partial charge >= 0.3 is 6.09 Å². The predicted octanol–water partition coefficient (Wildman–Crippen LogP) is 3.68. The smallest absolute Gasteiger partial charge is 0.408 e. The van der Waals surface area contributed by atoms with Crippen molar-refractivity contribution < 1.29 is 9.53 Å². The summed E-state index contributed by atoms with van der Waals surface area (Å²) in [5.74, 6) is 0. The van der Waals surface area contributed by atoms with Crippen molar-refractivity contribution >= 4 is 75.5 Å². The number of benzene rings is 1. The number of nitrogens with one attached hydrogen (secondary N) is 3. The minimum absolute atomic E-state index is 0.130. The van der Waals surface area contributed by atoms with Crippen molar-refractivity contribution in [2.45, 2.75) is 9.96 Å². The highest BCUT2D eigenvalue weighted by Gasteiger charge is 2.34. The molecule has 0 fully saturated rings. The zero-order valence-electron chi connectivity index (χ0n) is 10.6. The highest BCUT2D eigenvalue weighted by molar-refractivity contribution is 7.80. The van der Waals surface area contributed by atoms with Gasteiger partial charge in [0.05, 0.1) is 7.11 Å². The summed E-state index contributed by atoms with van der Waals surface area (Å²) >= 11 is 28.2. The summed E-state index contributed by atoms with van der Waals surface area (Å²) in [4.78, 5) is 11.2. The number of alkyl halides is 3. The van der Waals surface area contributed by atoms with E-state index in [9.17, 15) is 4.79 Å². The molecule has 1 atom stereocenters. The van der Waals surface area contributed by atoms with Crippen LogP contribution in [0.3, 0.4) is 0 Å². The quantitative estimate of drug-likeness (QED) is 0.417. The number of thiocarbonyl (C=S) groups is 1. The van der Waals surface area contributed by atoms with Crippen LogP contribution in [0.1, 0.15) is 0 Å². The molecule has 1 rings (SSSR count). The molecule has 0 aliphatic heterocycles. The van der Waals surface area contributed by atoms with E-state index in [1.165, 1.54) is 7.11 Å². The molecular formula is C11H11Cl4N3O2S. The molecule has 3 N–H and O–H groups in total. The molecule has 0 unspecified atom stereocenters. The summed E-state index contributed by atoms with van der Waals surface area (Å²) in [5.41, 5.74) is 0.640. The molecular weight excluding hydrogens is 380 g/mol. The number of alkyl carbamates (subject to hydrolysis) is 1. The van der Waals surface area contributed by atoms with Crippen LogP contribution in [0.25, 0.3) is 0 Å². The first-order valence-electron chi connectivity index (χ1n) is 5.46. The Morgan fingerprint density at radius 1 is 1.33 bits per heavy atom. The van der Waals surface area contributed by atoms with Crippen molar-refractivity contribution in [1.82, 2.24) is 10.6 Å². The van der Waals surface area contributed by atoms with Gasteiger partial charge in [0.1, 0.15) is 0 Å². The lowest BCUT2D eigenvalue weighted by molar-refractivity contribution is 0.166. The molecule has 0 aliphatic rings. The van der Waals surface area contributed by atoms with Crippen LogP contribution >= 0.6 is 58.6 Å². The molecule has 1 aromatic carbocycles. The molecule has 0 spiro atoms. The zero-order valence-corrected chi connectivity index (χ0v) is 14.5. The number of carbonyl (C=O) groups excluding carboxylic acids is 1. The fourth-order valence-corrected chi connectivity index (χ4v) is 1.99. The molecule has 0 bridgehead atoms. The number of rotatable bonds is 3. The van der Waals surface area contributed by atoms with E-state index in [2.05, 4.69) is 20.7 Å². The number of methoxy groups -OCH3 is 1. The molecule has 1 amide bonds. The first-order chi connectivity index (χ1) is 9.72. The van der Waals surface area contributed by atoms with Gasteiger partial charge in [-0.25, -0.2) is 4.79 Å². The molecule has 0 radical (unpaired) electrons. The first-order valence-corrected chi connectivity index (χ1v) is 7.38. The third-order valence-corrected chi connectivity index (χ3v) is 3.24. The lowest BCUT2D eigenvalue weighted by atomic mass is 10.3. The van der Waals surface area contributed by atoms with Gasteiger partial charge in [0, 0.05) is 10.7 Å². The summed E-state index contributed by atoms with van der Waals surface area (Å²) in [6, 6.07) is 6.87.